The summed E-state index contributed by atoms with van der Waals surface area (Å²) in [5.74, 6) is 0.359. The lowest BCUT2D eigenvalue weighted by Crippen LogP contribution is -2.38. The number of hydrogen-bond donors (Lipinski definition) is 4. The van der Waals surface area contributed by atoms with Crippen molar-refractivity contribution in [3.8, 4) is 11.3 Å². The first-order valence-electron chi connectivity index (χ1n) is 13.1. The first-order chi connectivity index (χ1) is 18.9. The third-order valence-corrected chi connectivity index (χ3v) is 6.30. The lowest BCUT2D eigenvalue weighted by atomic mass is 9.98. The first kappa shape index (κ1) is 28.0. The standard InChI is InChI=1S/C29H38N8O2/c1-5-21(7-8-23(30)19-37-11-13-39-14-12-37)22-16-24(25-15-20(9-10-32-25)18-36(3)4)27-26(17-22)33-28(34-27)35-29(38)31-6-2/h5,7-10,15-17H,1,6,11-14,18-19,30H2,2-4H3,(H3,31,33,34,35,38)/b21-7+,23-8-. The minimum absolute atomic E-state index is 0.322. The number of allylic oxidation sites excluding steroid dienone is 4. The molecule has 1 aliphatic rings. The Morgan fingerprint density at radius 3 is 2.77 bits per heavy atom. The maximum atomic E-state index is 12.2. The molecule has 0 atom stereocenters. The van der Waals surface area contributed by atoms with Gasteiger partial charge in [-0.05, 0) is 68.1 Å². The Hall–Kier alpha value is -3.99. The number of fused-ring (bicyclic) bond motifs is 1. The van der Waals surface area contributed by atoms with Gasteiger partial charge in [0.1, 0.15) is 0 Å². The molecule has 4 rings (SSSR count). The van der Waals surface area contributed by atoms with Crippen molar-refractivity contribution in [1.29, 1.82) is 0 Å². The minimum Gasteiger partial charge on any atom is -0.401 e. The molecule has 0 unspecified atom stereocenters. The lowest BCUT2D eigenvalue weighted by Gasteiger charge is -2.26. The summed E-state index contributed by atoms with van der Waals surface area (Å²) in [5, 5.41) is 5.50. The summed E-state index contributed by atoms with van der Waals surface area (Å²) in [7, 11) is 4.07. The van der Waals surface area contributed by atoms with Crippen LogP contribution in [-0.4, -0.2) is 84.3 Å². The summed E-state index contributed by atoms with van der Waals surface area (Å²) in [6, 6.07) is 7.81. The number of nitrogens with two attached hydrogens (primary N) is 1. The van der Waals surface area contributed by atoms with Crippen LogP contribution < -0.4 is 16.4 Å². The average molecular weight is 531 g/mol. The zero-order valence-corrected chi connectivity index (χ0v) is 23.0. The average Bonchev–Trinajstić information content (AvgIpc) is 3.31. The summed E-state index contributed by atoms with van der Waals surface area (Å²) in [6.07, 6.45) is 7.53. The zero-order valence-electron chi connectivity index (χ0n) is 23.0. The molecule has 1 aliphatic heterocycles. The van der Waals surface area contributed by atoms with Gasteiger partial charge in [0, 0.05) is 50.2 Å². The van der Waals surface area contributed by atoms with Gasteiger partial charge in [0.05, 0.1) is 29.9 Å². The van der Waals surface area contributed by atoms with Gasteiger partial charge < -0.3 is 25.7 Å². The molecule has 0 aliphatic carbocycles. The van der Waals surface area contributed by atoms with E-state index in [2.05, 4.69) is 54.1 Å². The van der Waals surface area contributed by atoms with Crippen molar-refractivity contribution in [2.75, 3.05) is 58.8 Å². The Kier molecular flexibility index (Phi) is 9.48. The van der Waals surface area contributed by atoms with Crippen molar-refractivity contribution in [2.45, 2.75) is 13.5 Å². The van der Waals surface area contributed by atoms with Crippen molar-refractivity contribution >= 4 is 28.6 Å². The van der Waals surface area contributed by atoms with Gasteiger partial charge in [-0.3, -0.25) is 15.2 Å². The summed E-state index contributed by atoms with van der Waals surface area (Å²) >= 11 is 0. The van der Waals surface area contributed by atoms with Gasteiger partial charge in [-0.15, -0.1) is 0 Å². The van der Waals surface area contributed by atoms with Gasteiger partial charge in [-0.1, -0.05) is 18.7 Å². The van der Waals surface area contributed by atoms with Gasteiger partial charge >= 0.3 is 6.03 Å². The molecule has 2 aromatic heterocycles. The summed E-state index contributed by atoms with van der Waals surface area (Å²) in [4.78, 5) is 29.1. The van der Waals surface area contributed by atoms with Gasteiger partial charge in [-0.2, -0.15) is 0 Å². The van der Waals surface area contributed by atoms with E-state index in [9.17, 15) is 4.79 Å². The fourth-order valence-electron chi connectivity index (χ4n) is 4.49. The fourth-order valence-corrected chi connectivity index (χ4v) is 4.49. The largest absolute Gasteiger partial charge is 0.401 e. The van der Waals surface area contributed by atoms with Crippen LogP contribution in [0, 0.1) is 0 Å². The van der Waals surface area contributed by atoms with E-state index < -0.39 is 0 Å². The number of rotatable bonds is 10. The number of benzene rings is 1. The number of aromatic amines is 1. The SMILES string of the molecule is C=C/C(=C\C=C(/N)CN1CCOCC1)c1cc(-c2cc(CN(C)C)ccn2)c2[nH]c(NC(=O)NCC)nc2c1. The second-order valence-corrected chi connectivity index (χ2v) is 9.73. The summed E-state index contributed by atoms with van der Waals surface area (Å²) < 4.78 is 5.43. The van der Waals surface area contributed by atoms with E-state index in [1.165, 1.54) is 0 Å². The van der Waals surface area contributed by atoms with Crippen molar-refractivity contribution in [1.82, 2.24) is 30.1 Å². The molecule has 10 heteroatoms. The molecule has 0 bridgehead atoms. The number of nitrogens with zero attached hydrogens (tertiary/aromatic N) is 4. The van der Waals surface area contributed by atoms with Crippen LogP contribution >= 0.6 is 0 Å². The second kappa shape index (κ2) is 13.2. The maximum absolute atomic E-state index is 12.2. The Morgan fingerprint density at radius 1 is 1.26 bits per heavy atom. The topological polar surface area (TPSA) is 124 Å². The molecular weight excluding hydrogens is 492 g/mol. The molecule has 2 amide bonds. The van der Waals surface area contributed by atoms with Crippen molar-refractivity contribution in [2.24, 2.45) is 5.73 Å². The van der Waals surface area contributed by atoms with E-state index in [0.717, 1.165) is 72.0 Å². The second-order valence-electron chi connectivity index (χ2n) is 9.73. The third kappa shape index (κ3) is 7.53. The van der Waals surface area contributed by atoms with Gasteiger partial charge in [0.2, 0.25) is 5.95 Å². The molecule has 1 fully saturated rings. The zero-order chi connectivity index (χ0) is 27.8. The highest BCUT2D eigenvalue weighted by molar-refractivity contribution is 5.98. The molecule has 0 spiro atoms. The van der Waals surface area contributed by atoms with Crippen LogP contribution in [0.25, 0.3) is 27.9 Å². The minimum atomic E-state index is -0.322. The number of nitrogens with one attached hydrogen (secondary N) is 3. The predicted molar refractivity (Wildman–Crippen MR) is 157 cm³/mol. The van der Waals surface area contributed by atoms with Crippen LogP contribution in [0.2, 0.25) is 0 Å². The molecule has 206 valence electrons. The highest BCUT2D eigenvalue weighted by Gasteiger charge is 2.16. The smallest absolute Gasteiger partial charge is 0.321 e. The number of carbonyl (C=O) groups excluding carboxylic acids is 1. The number of hydrogen-bond acceptors (Lipinski definition) is 7. The third-order valence-electron chi connectivity index (χ3n) is 6.30. The number of aromatic nitrogens is 3. The van der Waals surface area contributed by atoms with Crippen LogP contribution in [0.4, 0.5) is 10.7 Å². The van der Waals surface area contributed by atoms with E-state index in [1.807, 2.05) is 51.5 Å². The lowest BCUT2D eigenvalue weighted by molar-refractivity contribution is 0.0421. The van der Waals surface area contributed by atoms with Crippen molar-refractivity contribution in [3.63, 3.8) is 0 Å². The number of pyridine rings is 1. The molecule has 1 aromatic carbocycles. The summed E-state index contributed by atoms with van der Waals surface area (Å²) in [5.41, 5.74) is 13.2. The molecular formula is C29H38N8O2. The molecule has 1 saturated heterocycles. The molecule has 3 heterocycles. The Morgan fingerprint density at radius 2 is 2.05 bits per heavy atom. The number of anilines is 1. The summed E-state index contributed by atoms with van der Waals surface area (Å²) in [6.45, 7) is 11.1. The molecule has 0 radical (unpaired) electrons. The van der Waals surface area contributed by atoms with E-state index in [4.69, 9.17) is 10.5 Å². The van der Waals surface area contributed by atoms with Gasteiger partial charge in [0.25, 0.3) is 0 Å². The highest BCUT2D eigenvalue weighted by atomic mass is 16.5. The number of morpholine rings is 1. The van der Waals surface area contributed by atoms with Gasteiger partial charge in [0.15, 0.2) is 0 Å². The van der Waals surface area contributed by atoms with Crippen LogP contribution in [0.15, 0.2) is 61.0 Å². The molecule has 39 heavy (non-hydrogen) atoms. The van der Waals surface area contributed by atoms with Crippen LogP contribution in [0.1, 0.15) is 18.1 Å². The molecule has 10 nitrogen and oxygen atoms in total. The first-order valence-corrected chi connectivity index (χ1v) is 13.1. The number of amides is 2. The Bertz CT molecular complexity index is 1370. The number of ether oxygens (including phenoxy) is 1. The van der Waals surface area contributed by atoms with E-state index in [1.54, 1.807) is 6.08 Å². The van der Waals surface area contributed by atoms with E-state index >= 15 is 0 Å². The Labute approximate surface area is 229 Å². The van der Waals surface area contributed by atoms with Crippen LogP contribution in [-0.2, 0) is 11.3 Å². The highest BCUT2D eigenvalue weighted by Crippen LogP contribution is 2.32. The van der Waals surface area contributed by atoms with Crippen LogP contribution in [0.5, 0.6) is 0 Å². The van der Waals surface area contributed by atoms with E-state index in [-0.39, 0.29) is 6.03 Å². The number of urea groups is 1. The predicted octanol–water partition coefficient (Wildman–Crippen LogP) is 3.57. The van der Waals surface area contributed by atoms with Crippen molar-refractivity contribution in [3.05, 3.63) is 72.1 Å². The quantitative estimate of drug-likeness (QED) is 0.295. The molecule has 3 aromatic rings. The fraction of sp³-hybridized carbons (Fsp3) is 0.345. The number of H-pyrrole nitrogens is 1. The normalized spacial score (nSPS) is 15.1. The number of carbonyl (C=O) groups is 1. The monoisotopic (exact) mass is 530 g/mol. The Balaban J connectivity index is 1.74. The molecule has 0 saturated carbocycles. The van der Waals surface area contributed by atoms with Crippen LogP contribution in [0.3, 0.4) is 0 Å². The van der Waals surface area contributed by atoms with Crippen molar-refractivity contribution < 1.29 is 9.53 Å². The molecule has 5 N–H and O–H groups in total. The maximum Gasteiger partial charge on any atom is 0.321 e. The van der Waals surface area contributed by atoms with Gasteiger partial charge in [-0.25, -0.2) is 9.78 Å². The number of imidazole rings is 1. The van der Waals surface area contributed by atoms with E-state index in [0.29, 0.717) is 24.6 Å².